The van der Waals surface area contributed by atoms with E-state index in [1.165, 1.54) is 4.88 Å². The molecule has 7 nitrogen and oxygen atoms in total. The quantitative estimate of drug-likeness (QED) is 0.506. The third kappa shape index (κ3) is 2.86. The minimum atomic E-state index is -1.15. The summed E-state index contributed by atoms with van der Waals surface area (Å²) in [7, 11) is 3.63. The number of benzene rings is 1. The summed E-state index contributed by atoms with van der Waals surface area (Å²) in [6.45, 7) is -0.546. The number of rotatable bonds is 4. The molecule has 7 atom stereocenters. The third-order valence-electron chi connectivity index (χ3n) is 7.92. The number of fused-ring (bicyclic) bond motifs is 9. The first-order chi connectivity index (χ1) is 15.8. The Morgan fingerprint density at radius 3 is 2.48 bits per heavy atom. The summed E-state index contributed by atoms with van der Waals surface area (Å²) in [6, 6.07) is 8.10. The van der Waals surface area contributed by atoms with Crippen LogP contribution in [0.2, 0.25) is 0 Å². The fourth-order valence-electron chi connectivity index (χ4n) is 6.72. The summed E-state index contributed by atoms with van der Waals surface area (Å²) in [5.74, 6) is -1.40. The Bertz CT molecular complexity index is 1250. The van der Waals surface area contributed by atoms with Crippen LogP contribution in [-0.2, 0) is 21.4 Å². The van der Waals surface area contributed by atoms with Crippen LogP contribution < -0.4 is 4.74 Å². The lowest BCUT2D eigenvalue weighted by molar-refractivity contribution is -0.149. The second kappa shape index (κ2) is 7.41. The van der Waals surface area contributed by atoms with Gasteiger partial charge in [-0.05, 0) is 54.1 Å². The van der Waals surface area contributed by atoms with Gasteiger partial charge in [-0.15, -0.1) is 23.1 Å². The van der Waals surface area contributed by atoms with Gasteiger partial charge in [-0.1, -0.05) is 12.1 Å². The van der Waals surface area contributed by atoms with Gasteiger partial charge in [0.05, 0.1) is 24.0 Å². The summed E-state index contributed by atoms with van der Waals surface area (Å²) < 4.78 is 8.24. The molecule has 2 aliphatic carbocycles. The molecule has 2 bridgehead atoms. The minimum Gasteiger partial charge on any atom is -0.497 e. The molecule has 3 heterocycles. The molecule has 1 aromatic heterocycles. The molecule has 0 radical (unpaired) electrons. The molecule has 0 unspecified atom stereocenters. The second-order valence-corrected chi connectivity index (χ2v) is 12.1. The van der Waals surface area contributed by atoms with Crippen LogP contribution in [0.3, 0.4) is 0 Å². The molecule has 1 N–H and O–H groups in total. The first kappa shape index (κ1) is 21.4. The molecule has 2 amide bonds. The van der Waals surface area contributed by atoms with Gasteiger partial charge in [0.1, 0.15) is 12.3 Å². The summed E-state index contributed by atoms with van der Waals surface area (Å²) >= 11 is 9.04. The zero-order valence-electron chi connectivity index (χ0n) is 18.0. The Labute approximate surface area is 203 Å². The van der Waals surface area contributed by atoms with Gasteiger partial charge in [-0.3, -0.25) is 19.3 Å². The Morgan fingerprint density at radius 1 is 1.18 bits per heavy atom. The van der Waals surface area contributed by atoms with Crippen molar-refractivity contribution >= 4 is 53.1 Å². The zero-order chi connectivity index (χ0) is 23.2. The van der Waals surface area contributed by atoms with Crippen LogP contribution in [0.5, 0.6) is 5.75 Å². The summed E-state index contributed by atoms with van der Waals surface area (Å²) in [5, 5.41) is 10.6. The number of imide groups is 1. The van der Waals surface area contributed by atoms with Gasteiger partial charge in [0, 0.05) is 23.1 Å². The highest BCUT2D eigenvalue weighted by Crippen LogP contribution is 2.69. The Hall–Kier alpha value is -2.17. The maximum absolute atomic E-state index is 13.2. The number of nitrogens with zero attached hydrogens (tertiary/aromatic N) is 2. The number of carbonyl (C=O) groups excluding carboxylic acids is 2. The highest BCUT2D eigenvalue weighted by Gasteiger charge is 2.69. The van der Waals surface area contributed by atoms with Gasteiger partial charge in [0.15, 0.2) is 3.95 Å². The summed E-state index contributed by atoms with van der Waals surface area (Å²) in [5.41, 5.74) is 1.16. The number of aliphatic carboxylic acids is 1. The molecular weight excluding hydrogens is 480 g/mol. The van der Waals surface area contributed by atoms with Crippen LogP contribution in [0.1, 0.15) is 22.8 Å². The Balaban J connectivity index is 1.46. The molecule has 172 valence electrons. The van der Waals surface area contributed by atoms with E-state index in [0.29, 0.717) is 0 Å². The molecule has 2 saturated carbocycles. The first-order valence-corrected chi connectivity index (χ1v) is 13.0. The van der Waals surface area contributed by atoms with E-state index in [9.17, 15) is 19.5 Å². The van der Waals surface area contributed by atoms with Crippen molar-refractivity contribution in [1.82, 2.24) is 9.47 Å². The fraction of sp³-hybridized carbons (Fsp3) is 0.478. The Morgan fingerprint density at radius 2 is 1.85 bits per heavy atom. The van der Waals surface area contributed by atoms with E-state index in [1.807, 2.05) is 19.2 Å². The first-order valence-electron chi connectivity index (χ1n) is 10.9. The van der Waals surface area contributed by atoms with E-state index in [4.69, 9.17) is 17.0 Å². The maximum Gasteiger partial charge on any atom is 0.323 e. The molecule has 1 saturated heterocycles. The molecule has 2 aliphatic heterocycles. The van der Waals surface area contributed by atoms with Crippen molar-refractivity contribution in [3.05, 3.63) is 38.7 Å². The van der Waals surface area contributed by atoms with Gasteiger partial charge >= 0.3 is 5.97 Å². The molecule has 33 heavy (non-hydrogen) atoms. The van der Waals surface area contributed by atoms with E-state index >= 15 is 0 Å². The van der Waals surface area contributed by atoms with E-state index in [2.05, 4.69) is 16.7 Å². The monoisotopic (exact) mass is 502 g/mol. The average molecular weight is 503 g/mol. The van der Waals surface area contributed by atoms with Crippen LogP contribution in [0.15, 0.2) is 29.3 Å². The van der Waals surface area contributed by atoms with Crippen molar-refractivity contribution in [2.24, 2.45) is 36.6 Å². The SMILES string of the molecule is COc1ccc([C@@H]2c3sc(=S)n(C)c3S[C@@H]3[C@H]4C[C@@H]([C@@H]5C(=O)N(CC(=O)O)C(=O)[C@@H]45)[C@H]23)cc1. The fourth-order valence-corrected chi connectivity index (χ4v) is 10.2. The van der Waals surface area contributed by atoms with E-state index in [1.54, 1.807) is 30.2 Å². The summed E-state index contributed by atoms with van der Waals surface area (Å²) in [4.78, 5) is 39.9. The minimum absolute atomic E-state index is 0.0500. The number of carbonyl (C=O) groups is 3. The molecule has 1 aromatic carbocycles. The van der Waals surface area contributed by atoms with Crippen LogP contribution in [0.25, 0.3) is 0 Å². The third-order valence-corrected chi connectivity index (χ3v) is 11.3. The van der Waals surface area contributed by atoms with Crippen LogP contribution in [-0.4, -0.2) is 51.3 Å². The number of likely N-dealkylation sites (tertiary alicyclic amines) is 1. The predicted molar refractivity (Wildman–Crippen MR) is 125 cm³/mol. The predicted octanol–water partition coefficient (Wildman–Crippen LogP) is 3.38. The Kier molecular flexibility index (Phi) is 4.80. The van der Waals surface area contributed by atoms with E-state index in [0.717, 1.165) is 31.6 Å². The van der Waals surface area contributed by atoms with E-state index < -0.39 is 24.3 Å². The normalized spacial score (nSPS) is 33.8. The number of carboxylic acid groups (broad SMARTS) is 1. The number of ether oxygens (including phenoxy) is 1. The van der Waals surface area contributed by atoms with Crippen molar-refractivity contribution in [3.8, 4) is 5.75 Å². The number of carboxylic acids is 1. The zero-order valence-corrected chi connectivity index (χ0v) is 20.4. The smallest absolute Gasteiger partial charge is 0.323 e. The molecule has 4 aliphatic rings. The van der Waals surface area contributed by atoms with Gasteiger partial charge in [-0.25, -0.2) is 0 Å². The van der Waals surface area contributed by atoms with Crippen LogP contribution in [0.4, 0.5) is 0 Å². The van der Waals surface area contributed by atoms with Crippen molar-refractivity contribution in [2.75, 3.05) is 13.7 Å². The van der Waals surface area contributed by atoms with Crippen LogP contribution >= 0.6 is 35.3 Å². The van der Waals surface area contributed by atoms with Gasteiger partial charge in [-0.2, -0.15) is 0 Å². The van der Waals surface area contributed by atoms with Crippen molar-refractivity contribution in [1.29, 1.82) is 0 Å². The maximum atomic E-state index is 13.2. The standard InChI is InChI=1S/C23H22N2O5S3/c1-24-22-19(33-23(24)31)14(9-3-5-10(30-2)6-4-9)15-11-7-12(18(15)32-22)17-16(11)20(28)25(21(17)29)8-13(26)27/h3-6,11-12,14-18H,7-8H2,1-2H3,(H,26,27)/t11-,12+,14+,15-,16+,17+,18-/m1/s1. The highest BCUT2D eigenvalue weighted by atomic mass is 32.2. The lowest BCUT2D eigenvalue weighted by Crippen LogP contribution is -2.43. The number of hydrogen-bond donors (Lipinski definition) is 1. The van der Waals surface area contributed by atoms with Crippen molar-refractivity contribution in [2.45, 2.75) is 22.6 Å². The number of hydrogen-bond acceptors (Lipinski definition) is 7. The highest BCUT2D eigenvalue weighted by molar-refractivity contribution is 8.00. The summed E-state index contributed by atoms with van der Waals surface area (Å²) in [6.07, 6.45) is 0.835. The van der Waals surface area contributed by atoms with Crippen molar-refractivity contribution < 1.29 is 24.2 Å². The van der Waals surface area contributed by atoms with Crippen LogP contribution in [0, 0.1) is 33.5 Å². The van der Waals surface area contributed by atoms with E-state index in [-0.39, 0.29) is 40.7 Å². The van der Waals surface area contributed by atoms with Gasteiger partial charge in [0.25, 0.3) is 0 Å². The molecular formula is C23H22N2O5S3. The van der Waals surface area contributed by atoms with Gasteiger partial charge < -0.3 is 14.4 Å². The lowest BCUT2D eigenvalue weighted by atomic mass is 9.68. The number of methoxy groups -OCH3 is 1. The molecule has 6 rings (SSSR count). The second-order valence-electron chi connectivity index (χ2n) is 9.28. The number of amides is 2. The number of thiazole rings is 1. The lowest BCUT2D eigenvalue weighted by Gasteiger charge is -2.43. The van der Waals surface area contributed by atoms with Gasteiger partial charge in [0.2, 0.25) is 11.8 Å². The molecule has 0 spiro atoms. The topological polar surface area (TPSA) is 88.8 Å². The molecule has 3 fully saturated rings. The number of thioether (sulfide) groups is 1. The average Bonchev–Trinajstić information content (AvgIpc) is 3.50. The largest absolute Gasteiger partial charge is 0.497 e. The van der Waals surface area contributed by atoms with Crippen molar-refractivity contribution in [3.63, 3.8) is 0 Å². The number of aromatic nitrogens is 1. The molecule has 10 heteroatoms. The molecule has 2 aromatic rings.